The molecule has 0 amide bonds. The van der Waals surface area contributed by atoms with E-state index in [0.29, 0.717) is 6.54 Å². The van der Waals surface area contributed by atoms with E-state index in [1.807, 2.05) is 25.1 Å². The van der Waals surface area contributed by atoms with Gasteiger partial charge >= 0.3 is 0 Å². The third-order valence-electron chi connectivity index (χ3n) is 2.33. The number of hydrogen-bond acceptors (Lipinski definition) is 4. The molecule has 0 radical (unpaired) electrons. The van der Waals surface area contributed by atoms with Crippen LogP contribution in [0.3, 0.4) is 0 Å². The van der Waals surface area contributed by atoms with E-state index in [9.17, 15) is 0 Å². The molecule has 84 valence electrons. The molecule has 5 nitrogen and oxygen atoms in total. The second kappa shape index (κ2) is 4.32. The molecule has 1 aromatic heterocycles. The van der Waals surface area contributed by atoms with Gasteiger partial charge in [-0.15, -0.1) is 5.10 Å². The lowest BCUT2D eigenvalue weighted by Crippen LogP contribution is -1.99. The number of aromatic nitrogens is 3. The van der Waals surface area contributed by atoms with Gasteiger partial charge in [-0.25, -0.2) is 4.68 Å². The van der Waals surface area contributed by atoms with E-state index in [4.69, 9.17) is 10.5 Å². The van der Waals surface area contributed by atoms with Gasteiger partial charge < -0.3 is 10.5 Å². The van der Waals surface area contributed by atoms with Crippen molar-refractivity contribution in [2.45, 2.75) is 13.5 Å². The van der Waals surface area contributed by atoms with Gasteiger partial charge in [0, 0.05) is 6.54 Å². The van der Waals surface area contributed by atoms with Crippen molar-refractivity contribution < 1.29 is 4.74 Å². The monoisotopic (exact) mass is 218 g/mol. The summed E-state index contributed by atoms with van der Waals surface area (Å²) in [7, 11) is 1.63. The molecule has 0 unspecified atom stereocenters. The number of hydrogen-bond donors (Lipinski definition) is 1. The van der Waals surface area contributed by atoms with Crippen molar-refractivity contribution in [3.63, 3.8) is 0 Å². The molecule has 0 saturated carbocycles. The normalized spacial score (nSPS) is 10.4. The molecule has 2 rings (SSSR count). The average molecular weight is 218 g/mol. The highest BCUT2D eigenvalue weighted by molar-refractivity contribution is 5.48. The average Bonchev–Trinajstić information content (AvgIpc) is 2.77. The topological polar surface area (TPSA) is 66.0 Å². The summed E-state index contributed by atoms with van der Waals surface area (Å²) in [5.74, 6) is 0.763. The lowest BCUT2D eigenvalue weighted by Gasteiger charge is -2.08. The Morgan fingerprint density at radius 1 is 1.44 bits per heavy atom. The number of rotatable bonds is 3. The minimum Gasteiger partial charge on any atom is -0.494 e. The van der Waals surface area contributed by atoms with Crippen molar-refractivity contribution in [3.8, 4) is 11.4 Å². The lowest BCUT2D eigenvalue weighted by atomic mass is 10.2. The van der Waals surface area contributed by atoms with E-state index in [-0.39, 0.29) is 0 Å². The highest BCUT2D eigenvalue weighted by Gasteiger charge is 2.07. The summed E-state index contributed by atoms with van der Waals surface area (Å²) in [6.45, 7) is 2.40. The number of ether oxygens (including phenoxy) is 1. The third kappa shape index (κ3) is 1.90. The van der Waals surface area contributed by atoms with Crippen molar-refractivity contribution in [2.75, 3.05) is 7.11 Å². The van der Waals surface area contributed by atoms with Crippen LogP contribution in [0.15, 0.2) is 24.4 Å². The highest BCUT2D eigenvalue weighted by Crippen LogP contribution is 2.23. The first-order valence-corrected chi connectivity index (χ1v) is 5.01. The summed E-state index contributed by atoms with van der Waals surface area (Å²) < 4.78 is 6.95. The van der Waals surface area contributed by atoms with E-state index in [2.05, 4.69) is 10.3 Å². The maximum atomic E-state index is 5.49. The zero-order valence-corrected chi connectivity index (χ0v) is 9.34. The van der Waals surface area contributed by atoms with Gasteiger partial charge in [0.2, 0.25) is 0 Å². The zero-order chi connectivity index (χ0) is 11.5. The fraction of sp³-hybridized carbons (Fsp3) is 0.273. The number of nitrogens with two attached hydrogens (primary N) is 1. The van der Waals surface area contributed by atoms with Crippen molar-refractivity contribution in [1.29, 1.82) is 0 Å². The van der Waals surface area contributed by atoms with Crippen LogP contribution in [0.5, 0.6) is 5.75 Å². The van der Waals surface area contributed by atoms with Gasteiger partial charge in [0.1, 0.15) is 11.4 Å². The number of benzene rings is 1. The van der Waals surface area contributed by atoms with Crippen LogP contribution in [0.25, 0.3) is 5.69 Å². The van der Waals surface area contributed by atoms with Crippen LogP contribution in [0, 0.1) is 6.92 Å². The van der Waals surface area contributed by atoms with Crippen LogP contribution in [-0.2, 0) is 6.54 Å². The van der Waals surface area contributed by atoms with Crippen molar-refractivity contribution >= 4 is 0 Å². The molecule has 16 heavy (non-hydrogen) atoms. The molecule has 0 aliphatic rings. The Labute approximate surface area is 93.8 Å². The molecule has 1 aromatic carbocycles. The molecule has 5 heteroatoms. The molecule has 0 saturated heterocycles. The van der Waals surface area contributed by atoms with E-state index in [1.165, 1.54) is 0 Å². The fourth-order valence-corrected chi connectivity index (χ4v) is 1.49. The Kier molecular flexibility index (Phi) is 2.87. The number of nitrogens with zero attached hydrogens (tertiary/aromatic N) is 3. The lowest BCUT2D eigenvalue weighted by molar-refractivity contribution is 0.411. The molecule has 2 N–H and O–H groups in total. The number of aryl methyl sites for hydroxylation is 1. The molecule has 0 aliphatic carbocycles. The summed E-state index contributed by atoms with van der Waals surface area (Å²) in [6, 6.07) is 5.89. The Hall–Kier alpha value is -1.88. The van der Waals surface area contributed by atoms with E-state index < -0.39 is 0 Å². The molecule has 1 heterocycles. The molecular formula is C11H14N4O. The second-order valence-electron chi connectivity index (χ2n) is 3.53. The summed E-state index contributed by atoms with van der Waals surface area (Å²) in [5, 5.41) is 7.96. The van der Waals surface area contributed by atoms with Crippen LogP contribution in [0.4, 0.5) is 0 Å². The quantitative estimate of drug-likeness (QED) is 0.836. The largest absolute Gasteiger partial charge is 0.494 e. The molecule has 0 aliphatic heterocycles. The Balaban J connectivity index is 2.49. The maximum Gasteiger partial charge on any atom is 0.144 e. The zero-order valence-electron chi connectivity index (χ0n) is 9.34. The molecule has 0 fully saturated rings. The summed E-state index contributed by atoms with van der Waals surface area (Å²) in [6.07, 6.45) is 1.80. The highest BCUT2D eigenvalue weighted by atomic mass is 16.5. The van der Waals surface area contributed by atoms with Gasteiger partial charge in [0.15, 0.2) is 0 Å². The summed E-state index contributed by atoms with van der Waals surface area (Å²) in [5.41, 5.74) is 8.26. The standard InChI is InChI=1S/C11H14N4O/c1-8-3-4-11(16-2)10(5-8)15-7-9(6-12)13-14-15/h3-5,7H,6,12H2,1-2H3. The fourth-order valence-electron chi connectivity index (χ4n) is 1.49. The molecule has 0 bridgehead atoms. The van der Waals surface area contributed by atoms with Gasteiger partial charge in [-0.1, -0.05) is 11.3 Å². The Morgan fingerprint density at radius 3 is 2.88 bits per heavy atom. The van der Waals surface area contributed by atoms with Crippen LogP contribution < -0.4 is 10.5 Å². The van der Waals surface area contributed by atoms with Gasteiger partial charge in [-0.3, -0.25) is 0 Å². The molecule has 0 spiro atoms. The first-order valence-electron chi connectivity index (χ1n) is 5.01. The first-order chi connectivity index (χ1) is 7.74. The van der Waals surface area contributed by atoms with Crippen LogP contribution in [0.2, 0.25) is 0 Å². The second-order valence-corrected chi connectivity index (χ2v) is 3.53. The predicted molar refractivity (Wildman–Crippen MR) is 60.5 cm³/mol. The summed E-state index contributed by atoms with van der Waals surface area (Å²) in [4.78, 5) is 0. The van der Waals surface area contributed by atoms with Gasteiger partial charge in [-0.2, -0.15) is 0 Å². The molecular weight excluding hydrogens is 204 g/mol. The third-order valence-corrected chi connectivity index (χ3v) is 2.33. The van der Waals surface area contributed by atoms with Crippen molar-refractivity contribution in [2.24, 2.45) is 5.73 Å². The predicted octanol–water partition coefficient (Wildman–Crippen LogP) is 1.04. The Bertz CT molecular complexity index is 492. The van der Waals surface area contributed by atoms with E-state index in [1.54, 1.807) is 18.0 Å². The van der Waals surface area contributed by atoms with Crippen molar-refractivity contribution in [3.05, 3.63) is 35.7 Å². The van der Waals surface area contributed by atoms with E-state index >= 15 is 0 Å². The van der Waals surface area contributed by atoms with Crippen LogP contribution in [-0.4, -0.2) is 22.1 Å². The first kappa shape index (κ1) is 10.6. The van der Waals surface area contributed by atoms with Crippen LogP contribution >= 0.6 is 0 Å². The molecule has 2 aromatic rings. The minimum absolute atomic E-state index is 0.383. The maximum absolute atomic E-state index is 5.49. The van der Waals surface area contributed by atoms with Gasteiger partial charge in [0.25, 0.3) is 0 Å². The van der Waals surface area contributed by atoms with Crippen LogP contribution in [0.1, 0.15) is 11.3 Å². The number of methoxy groups -OCH3 is 1. The van der Waals surface area contributed by atoms with Gasteiger partial charge in [-0.05, 0) is 24.6 Å². The van der Waals surface area contributed by atoms with Gasteiger partial charge in [0.05, 0.1) is 19.0 Å². The molecule has 0 atom stereocenters. The summed E-state index contributed by atoms with van der Waals surface area (Å²) >= 11 is 0. The smallest absolute Gasteiger partial charge is 0.144 e. The SMILES string of the molecule is COc1ccc(C)cc1-n1cc(CN)nn1. The van der Waals surface area contributed by atoms with Crippen molar-refractivity contribution in [1.82, 2.24) is 15.0 Å². The minimum atomic E-state index is 0.383. The van der Waals surface area contributed by atoms with E-state index in [0.717, 1.165) is 22.7 Å². The Morgan fingerprint density at radius 2 is 2.25 bits per heavy atom.